The molecule has 11 heteroatoms. The zero-order valence-corrected chi connectivity index (χ0v) is 15.2. The molecule has 29 heavy (non-hydrogen) atoms. The predicted octanol–water partition coefficient (Wildman–Crippen LogP) is 3.12. The summed E-state index contributed by atoms with van der Waals surface area (Å²) in [4.78, 5) is 35.4. The van der Waals surface area contributed by atoms with E-state index in [2.05, 4.69) is 10.6 Å². The molecule has 2 aromatic carbocycles. The molecule has 2 N–H and O–H groups in total. The van der Waals surface area contributed by atoms with Crippen molar-refractivity contribution in [2.24, 2.45) is 0 Å². The number of hydrogen-bond donors (Lipinski definition) is 2. The van der Waals surface area contributed by atoms with E-state index >= 15 is 0 Å². The molecule has 0 saturated carbocycles. The monoisotopic (exact) mass is 410 g/mol. The normalized spacial score (nSPS) is 11.2. The fraction of sp³-hybridized carbons (Fsp3) is 0.222. The van der Waals surface area contributed by atoms with Crippen LogP contribution in [-0.2, 0) is 15.8 Å². The maximum Gasteiger partial charge on any atom is 0.418 e. The number of hydrogen-bond acceptors (Lipinski definition) is 5. The second kappa shape index (κ2) is 9.15. The third kappa shape index (κ3) is 6.57. The summed E-state index contributed by atoms with van der Waals surface area (Å²) < 4.78 is 38.9. The van der Waals surface area contributed by atoms with Gasteiger partial charge in [-0.25, -0.2) is 0 Å². The average molecular weight is 410 g/mol. The fourth-order valence-corrected chi connectivity index (χ4v) is 2.44. The van der Waals surface area contributed by atoms with Crippen LogP contribution < -0.4 is 10.6 Å². The highest BCUT2D eigenvalue weighted by Gasteiger charge is 2.33. The molecule has 2 rings (SSSR count). The molecule has 0 unspecified atom stereocenters. The standard InChI is InChI=1S/C18H17F3N4O4/c1-24(10-16(26)22-12-6-8-13(9-7-12)25(28)29)11-17(27)23-15-5-3-2-4-14(15)18(19,20)21/h2-9H,10-11H2,1H3,(H,22,26)(H,23,27). The van der Waals surface area contributed by atoms with E-state index in [1.807, 2.05) is 0 Å². The Hall–Kier alpha value is -3.47. The molecule has 0 spiro atoms. The number of nitro groups is 1. The van der Waals surface area contributed by atoms with Gasteiger partial charge < -0.3 is 10.6 Å². The summed E-state index contributed by atoms with van der Waals surface area (Å²) in [5, 5.41) is 15.3. The lowest BCUT2D eigenvalue weighted by atomic mass is 10.1. The summed E-state index contributed by atoms with van der Waals surface area (Å²) in [5.41, 5.74) is -1.13. The van der Waals surface area contributed by atoms with Gasteiger partial charge in [0.25, 0.3) is 5.69 Å². The Bertz CT molecular complexity index is 901. The summed E-state index contributed by atoms with van der Waals surface area (Å²) in [6.45, 7) is -0.537. The summed E-state index contributed by atoms with van der Waals surface area (Å²) in [6.07, 6.45) is -4.61. The number of benzene rings is 2. The number of carbonyl (C=O) groups is 2. The van der Waals surface area contributed by atoms with E-state index in [0.29, 0.717) is 5.69 Å². The first-order chi connectivity index (χ1) is 13.6. The van der Waals surface area contributed by atoms with Crippen LogP contribution in [-0.4, -0.2) is 41.8 Å². The van der Waals surface area contributed by atoms with E-state index in [1.54, 1.807) is 0 Å². The van der Waals surface area contributed by atoms with Crippen molar-refractivity contribution in [1.29, 1.82) is 0 Å². The molecule has 154 valence electrons. The average Bonchev–Trinajstić information content (AvgIpc) is 2.61. The van der Waals surface area contributed by atoms with Crippen LogP contribution in [0.1, 0.15) is 5.56 Å². The zero-order chi connectivity index (χ0) is 21.6. The van der Waals surface area contributed by atoms with Crippen molar-refractivity contribution >= 4 is 28.9 Å². The zero-order valence-electron chi connectivity index (χ0n) is 15.2. The van der Waals surface area contributed by atoms with Gasteiger partial charge in [-0.05, 0) is 31.3 Å². The van der Waals surface area contributed by atoms with Crippen LogP contribution in [0.5, 0.6) is 0 Å². The number of halogens is 3. The molecular weight excluding hydrogens is 393 g/mol. The Morgan fingerprint density at radius 2 is 1.55 bits per heavy atom. The van der Waals surface area contributed by atoms with Crippen molar-refractivity contribution in [3.8, 4) is 0 Å². The maximum absolute atomic E-state index is 13.0. The number of carbonyl (C=O) groups excluding carboxylic acids is 2. The van der Waals surface area contributed by atoms with Crippen molar-refractivity contribution in [1.82, 2.24) is 4.90 Å². The predicted molar refractivity (Wildman–Crippen MR) is 99.3 cm³/mol. The van der Waals surface area contributed by atoms with Gasteiger partial charge in [-0.15, -0.1) is 0 Å². The molecule has 0 fully saturated rings. The largest absolute Gasteiger partial charge is 0.418 e. The quantitative estimate of drug-likeness (QED) is 0.539. The summed E-state index contributed by atoms with van der Waals surface area (Å²) in [5.74, 6) is -1.21. The minimum absolute atomic E-state index is 0.129. The number of anilines is 2. The van der Waals surface area contributed by atoms with Gasteiger partial charge in [0.2, 0.25) is 11.8 Å². The lowest BCUT2D eigenvalue weighted by molar-refractivity contribution is -0.384. The second-order valence-corrected chi connectivity index (χ2v) is 6.12. The van der Waals surface area contributed by atoms with E-state index in [9.17, 15) is 32.9 Å². The van der Waals surface area contributed by atoms with E-state index < -0.39 is 28.5 Å². The van der Waals surface area contributed by atoms with Gasteiger partial charge in [0.1, 0.15) is 0 Å². The van der Waals surface area contributed by atoms with Crippen molar-refractivity contribution in [2.75, 3.05) is 30.8 Å². The second-order valence-electron chi connectivity index (χ2n) is 6.12. The number of non-ortho nitro benzene ring substituents is 1. The smallest absolute Gasteiger partial charge is 0.325 e. The van der Waals surface area contributed by atoms with Gasteiger partial charge in [0, 0.05) is 17.8 Å². The van der Waals surface area contributed by atoms with Gasteiger partial charge >= 0.3 is 6.18 Å². The number of para-hydroxylation sites is 1. The van der Waals surface area contributed by atoms with E-state index in [1.165, 1.54) is 48.3 Å². The highest BCUT2D eigenvalue weighted by Crippen LogP contribution is 2.34. The fourth-order valence-electron chi connectivity index (χ4n) is 2.44. The van der Waals surface area contributed by atoms with E-state index in [-0.39, 0.29) is 24.5 Å². The van der Waals surface area contributed by atoms with Crippen LogP contribution in [0.4, 0.5) is 30.2 Å². The molecule has 0 aromatic heterocycles. The van der Waals surface area contributed by atoms with Crippen molar-refractivity contribution in [3.05, 3.63) is 64.2 Å². The number of likely N-dealkylation sites (N-methyl/N-ethyl adjacent to an activating group) is 1. The lowest BCUT2D eigenvalue weighted by Crippen LogP contribution is -2.36. The Labute approximate surface area is 163 Å². The van der Waals surface area contributed by atoms with Crippen LogP contribution in [0.15, 0.2) is 48.5 Å². The molecule has 8 nitrogen and oxygen atoms in total. The van der Waals surface area contributed by atoms with Crippen molar-refractivity contribution in [2.45, 2.75) is 6.18 Å². The van der Waals surface area contributed by atoms with Gasteiger partial charge in [0.05, 0.1) is 29.3 Å². The SMILES string of the molecule is CN(CC(=O)Nc1ccc([N+](=O)[O-])cc1)CC(=O)Nc1ccccc1C(F)(F)F. The molecule has 0 heterocycles. The Kier molecular flexibility index (Phi) is 6.89. The topological polar surface area (TPSA) is 105 Å². The number of nitrogens with one attached hydrogen (secondary N) is 2. The van der Waals surface area contributed by atoms with E-state index in [4.69, 9.17) is 0 Å². The highest BCUT2D eigenvalue weighted by molar-refractivity contribution is 5.95. The number of rotatable bonds is 7. The molecule has 0 aliphatic rings. The van der Waals surface area contributed by atoms with Gasteiger partial charge in [-0.3, -0.25) is 24.6 Å². The molecule has 2 aromatic rings. The number of amides is 2. The van der Waals surface area contributed by atoms with Crippen molar-refractivity contribution in [3.63, 3.8) is 0 Å². The van der Waals surface area contributed by atoms with Crippen LogP contribution in [0.2, 0.25) is 0 Å². The van der Waals surface area contributed by atoms with Crippen molar-refractivity contribution < 1.29 is 27.7 Å². The Balaban J connectivity index is 1.88. The highest BCUT2D eigenvalue weighted by atomic mass is 19.4. The molecule has 0 aliphatic carbocycles. The lowest BCUT2D eigenvalue weighted by Gasteiger charge is -2.17. The minimum Gasteiger partial charge on any atom is -0.325 e. The molecule has 0 saturated heterocycles. The maximum atomic E-state index is 13.0. The number of nitro benzene ring substituents is 1. The van der Waals surface area contributed by atoms with Crippen LogP contribution in [0.3, 0.4) is 0 Å². The molecule has 0 bridgehead atoms. The van der Waals surface area contributed by atoms with E-state index in [0.717, 1.165) is 12.1 Å². The third-order valence-corrected chi connectivity index (χ3v) is 3.70. The summed E-state index contributed by atoms with van der Waals surface area (Å²) >= 11 is 0. The van der Waals surface area contributed by atoms with Crippen LogP contribution >= 0.6 is 0 Å². The first-order valence-corrected chi connectivity index (χ1v) is 8.25. The minimum atomic E-state index is -4.61. The van der Waals surface area contributed by atoms with Gasteiger partial charge in [0.15, 0.2) is 0 Å². The number of nitrogens with zero attached hydrogens (tertiary/aromatic N) is 2. The third-order valence-electron chi connectivity index (χ3n) is 3.70. The Morgan fingerprint density at radius 3 is 2.10 bits per heavy atom. The van der Waals surface area contributed by atoms with Crippen LogP contribution in [0.25, 0.3) is 0 Å². The van der Waals surface area contributed by atoms with Crippen LogP contribution in [0, 0.1) is 10.1 Å². The van der Waals surface area contributed by atoms with Gasteiger partial charge in [-0.2, -0.15) is 13.2 Å². The first kappa shape index (κ1) is 21.8. The molecule has 2 amide bonds. The van der Waals surface area contributed by atoms with Gasteiger partial charge in [-0.1, -0.05) is 12.1 Å². The summed E-state index contributed by atoms with van der Waals surface area (Å²) in [7, 11) is 1.45. The molecule has 0 radical (unpaired) electrons. The molecule has 0 atom stereocenters. The number of alkyl halides is 3. The Morgan fingerprint density at radius 1 is 1.00 bits per heavy atom. The molecular formula is C18H17F3N4O4. The first-order valence-electron chi connectivity index (χ1n) is 8.25. The summed E-state index contributed by atoms with van der Waals surface area (Å²) in [6, 6.07) is 9.75. The molecule has 0 aliphatic heterocycles.